The topological polar surface area (TPSA) is 162 Å². The number of aliphatic hydroxyl groups is 2. The average Bonchev–Trinajstić information content (AvgIpc) is 2.86. The molecule has 0 bridgehead atoms. The lowest BCUT2D eigenvalue weighted by Gasteiger charge is -2.17. The molecule has 2 rings (SSSR count). The largest absolute Gasteiger partial charge is 0.510 e. The minimum Gasteiger partial charge on any atom is -0.432 e. The first-order chi connectivity index (χ1) is 12.3. The maximum absolute atomic E-state index is 11.9. The molecule has 1 aliphatic heterocycles. The highest BCUT2D eigenvalue weighted by Crippen LogP contribution is 2.28. The molecule has 1 aliphatic rings. The van der Waals surface area contributed by atoms with Crippen LogP contribution in [0.3, 0.4) is 0 Å². The van der Waals surface area contributed by atoms with Crippen molar-refractivity contribution in [3.8, 4) is 0 Å². The highest BCUT2D eigenvalue weighted by molar-refractivity contribution is 5.59. The number of aromatic nitrogens is 2. The van der Waals surface area contributed by atoms with Crippen molar-refractivity contribution in [1.29, 1.82) is 0 Å². The summed E-state index contributed by atoms with van der Waals surface area (Å²) in [6, 6.07) is 1.28. The minimum atomic E-state index is -1.41. The maximum Gasteiger partial charge on any atom is 0.510 e. The van der Waals surface area contributed by atoms with E-state index in [1.165, 1.54) is 12.3 Å². The van der Waals surface area contributed by atoms with Crippen molar-refractivity contribution in [3.63, 3.8) is 0 Å². The number of nitrogens with zero attached hydrogens (tertiary/aromatic N) is 2. The molecule has 1 aromatic rings. The average molecular weight is 375 g/mol. The van der Waals surface area contributed by atoms with Crippen LogP contribution in [-0.2, 0) is 18.9 Å². The molecule has 12 heteroatoms. The summed E-state index contributed by atoms with van der Waals surface area (Å²) in [7, 11) is 0. The van der Waals surface area contributed by atoms with Crippen molar-refractivity contribution in [2.24, 2.45) is 0 Å². The van der Waals surface area contributed by atoms with Gasteiger partial charge in [-0.3, -0.25) is 15.3 Å². The van der Waals surface area contributed by atoms with Gasteiger partial charge in [-0.2, -0.15) is 4.98 Å². The fraction of sp³-hybridized carbons (Fsp3) is 0.643. The van der Waals surface area contributed by atoms with Gasteiger partial charge in [0.25, 0.3) is 0 Å². The van der Waals surface area contributed by atoms with E-state index >= 15 is 0 Å². The summed E-state index contributed by atoms with van der Waals surface area (Å²) in [4.78, 5) is 26.6. The van der Waals surface area contributed by atoms with Crippen LogP contribution in [0.1, 0.15) is 20.1 Å². The molecule has 1 saturated heterocycles. The van der Waals surface area contributed by atoms with Crippen LogP contribution >= 0.6 is 0 Å². The Hall–Kier alpha value is -2.25. The molecule has 12 nitrogen and oxygen atoms in total. The van der Waals surface area contributed by atoms with Crippen LogP contribution in [-0.4, -0.2) is 68.9 Å². The zero-order chi connectivity index (χ0) is 19.3. The number of aliphatic hydroxyl groups excluding tert-OH is 2. The molecule has 0 aromatic carbocycles. The van der Waals surface area contributed by atoms with Gasteiger partial charge in [0, 0.05) is 6.20 Å². The predicted octanol–water partition coefficient (Wildman–Crippen LogP) is -0.801. The Morgan fingerprint density at radius 1 is 1.42 bits per heavy atom. The molecule has 2 heterocycles. The Morgan fingerprint density at radius 2 is 2.15 bits per heavy atom. The second-order valence-corrected chi connectivity index (χ2v) is 5.71. The SMILES string of the molecule is CC(C)OC(=O)OCOC[C@H]1O[C@@H](n2ccc(NO)nc2=O)[C@H](O)[C@@H]1O. The molecule has 1 fully saturated rings. The number of hydrogen-bond donors (Lipinski definition) is 4. The third-order valence-electron chi connectivity index (χ3n) is 3.43. The monoisotopic (exact) mass is 375 g/mol. The first-order valence-corrected chi connectivity index (χ1v) is 7.75. The number of carbonyl (C=O) groups is 1. The maximum atomic E-state index is 11.9. The van der Waals surface area contributed by atoms with Crippen LogP contribution in [0.15, 0.2) is 17.1 Å². The van der Waals surface area contributed by atoms with Gasteiger partial charge in [-0.1, -0.05) is 0 Å². The van der Waals surface area contributed by atoms with E-state index in [4.69, 9.17) is 19.4 Å². The van der Waals surface area contributed by atoms with Crippen molar-refractivity contribution in [3.05, 3.63) is 22.7 Å². The minimum absolute atomic E-state index is 0.0791. The number of rotatable bonds is 7. The summed E-state index contributed by atoms with van der Waals surface area (Å²) in [5, 5.41) is 28.8. The van der Waals surface area contributed by atoms with Crippen molar-refractivity contribution in [2.75, 3.05) is 18.9 Å². The first kappa shape index (κ1) is 20.1. The Labute approximate surface area is 147 Å². The third kappa shape index (κ3) is 4.89. The number of ether oxygens (including phenoxy) is 4. The van der Waals surface area contributed by atoms with Gasteiger partial charge in [-0.15, -0.1) is 0 Å². The molecule has 0 unspecified atom stereocenters. The van der Waals surface area contributed by atoms with E-state index in [1.807, 2.05) is 0 Å². The van der Waals surface area contributed by atoms with Gasteiger partial charge in [-0.25, -0.2) is 9.59 Å². The normalized spacial score (nSPS) is 25.3. The van der Waals surface area contributed by atoms with Crippen molar-refractivity contribution < 1.29 is 39.2 Å². The summed E-state index contributed by atoms with van der Waals surface area (Å²) < 4.78 is 20.9. The fourth-order valence-electron chi connectivity index (χ4n) is 2.25. The van der Waals surface area contributed by atoms with Crippen LogP contribution in [0.2, 0.25) is 0 Å². The van der Waals surface area contributed by atoms with Gasteiger partial charge >= 0.3 is 11.8 Å². The van der Waals surface area contributed by atoms with Crippen LogP contribution in [0.4, 0.5) is 10.6 Å². The molecule has 0 aliphatic carbocycles. The van der Waals surface area contributed by atoms with Gasteiger partial charge in [0.05, 0.1) is 12.7 Å². The molecule has 4 atom stereocenters. The Bertz CT molecular complexity index is 665. The molecule has 1 aromatic heterocycles. The van der Waals surface area contributed by atoms with Crippen LogP contribution in [0.5, 0.6) is 0 Å². The van der Waals surface area contributed by atoms with Crippen LogP contribution in [0.25, 0.3) is 0 Å². The molecule has 0 amide bonds. The number of hydrogen-bond acceptors (Lipinski definition) is 11. The lowest BCUT2D eigenvalue weighted by atomic mass is 10.1. The second-order valence-electron chi connectivity index (χ2n) is 5.71. The van der Waals surface area contributed by atoms with Crippen LogP contribution < -0.4 is 11.2 Å². The molecule has 0 saturated carbocycles. The van der Waals surface area contributed by atoms with Gasteiger partial charge in [-0.05, 0) is 19.9 Å². The van der Waals surface area contributed by atoms with Crippen LogP contribution in [0, 0.1) is 0 Å². The summed E-state index contributed by atoms with van der Waals surface area (Å²) in [5.41, 5.74) is 0.917. The number of nitrogens with one attached hydrogen (secondary N) is 1. The fourth-order valence-corrected chi connectivity index (χ4v) is 2.25. The van der Waals surface area contributed by atoms with E-state index in [1.54, 1.807) is 19.3 Å². The van der Waals surface area contributed by atoms with E-state index in [2.05, 4.69) is 9.72 Å². The standard InChI is InChI=1S/C14H21N3O9/c1-7(2)25-14(21)24-6-23-5-8-10(18)11(19)12(26-8)17-4-3-9(16-22)15-13(17)20/h3-4,7-8,10-12,18-19,22H,5-6H2,1-2H3,(H,15,16,20)/t8-,10-,11-,12-/m1/s1. The molecule has 26 heavy (non-hydrogen) atoms. The van der Waals surface area contributed by atoms with Crippen molar-refractivity contribution >= 4 is 12.0 Å². The lowest BCUT2D eigenvalue weighted by molar-refractivity contribution is -0.105. The van der Waals surface area contributed by atoms with Gasteiger partial charge in [0.15, 0.2) is 18.8 Å². The number of carbonyl (C=O) groups excluding carboxylic acids is 1. The highest BCUT2D eigenvalue weighted by Gasteiger charge is 2.44. The zero-order valence-electron chi connectivity index (χ0n) is 14.1. The van der Waals surface area contributed by atoms with Crippen molar-refractivity contribution in [1.82, 2.24) is 9.55 Å². The van der Waals surface area contributed by atoms with Crippen molar-refractivity contribution in [2.45, 2.75) is 44.5 Å². The third-order valence-corrected chi connectivity index (χ3v) is 3.43. The number of anilines is 1. The highest BCUT2D eigenvalue weighted by atomic mass is 16.8. The molecular weight excluding hydrogens is 354 g/mol. The van der Waals surface area contributed by atoms with E-state index in [0.29, 0.717) is 0 Å². The van der Waals surface area contributed by atoms with E-state index in [0.717, 1.165) is 4.57 Å². The summed E-state index contributed by atoms with van der Waals surface area (Å²) >= 11 is 0. The van der Waals surface area contributed by atoms with Gasteiger partial charge < -0.3 is 29.2 Å². The summed E-state index contributed by atoms with van der Waals surface area (Å²) in [5.74, 6) is -0.0791. The Balaban J connectivity index is 1.89. The summed E-state index contributed by atoms with van der Waals surface area (Å²) in [6.45, 7) is 2.68. The summed E-state index contributed by atoms with van der Waals surface area (Å²) in [6.07, 6.45) is -4.92. The van der Waals surface area contributed by atoms with E-state index in [-0.39, 0.29) is 18.5 Å². The van der Waals surface area contributed by atoms with Gasteiger partial charge in [0.1, 0.15) is 18.3 Å². The molecule has 0 spiro atoms. The molecular formula is C14H21N3O9. The van der Waals surface area contributed by atoms with E-state index in [9.17, 15) is 19.8 Å². The first-order valence-electron chi connectivity index (χ1n) is 7.75. The molecule has 146 valence electrons. The van der Waals surface area contributed by atoms with E-state index < -0.39 is 43.2 Å². The zero-order valence-corrected chi connectivity index (χ0v) is 14.1. The molecule has 4 N–H and O–H groups in total. The quantitative estimate of drug-likeness (QED) is 0.204. The predicted molar refractivity (Wildman–Crippen MR) is 83.4 cm³/mol. The smallest absolute Gasteiger partial charge is 0.432 e. The second kappa shape index (κ2) is 8.91. The Morgan fingerprint density at radius 3 is 2.77 bits per heavy atom. The lowest BCUT2D eigenvalue weighted by Crippen LogP contribution is -2.36. The Kier molecular flexibility index (Phi) is 6.88. The molecule has 0 radical (unpaired) electrons. The van der Waals surface area contributed by atoms with Gasteiger partial charge in [0.2, 0.25) is 0 Å².